The average molecular weight is 354 g/mol. The maximum Gasteiger partial charge on any atom is 0.417 e. The van der Waals surface area contributed by atoms with Crippen LogP contribution in [0, 0.1) is 0 Å². The fourth-order valence-electron chi connectivity index (χ4n) is 1.80. The summed E-state index contributed by atoms with van der Waals surface area (Å²) in [7, 11) is -4.31. The zero-order chi connectivity index (χ0) is 16.4. The van der Waals surface area contributed by atoms with Gasteiger partial charge in [0.05, 0.1) is 16.7 Å². The average Bonchev–Trinajstić information content (AvgIpc) is 2.90. The zero-order valence-corrected chi connectivity index (χ0v) is 12.6. The summed E-state index contributed by atoms with van der Waals surface area (Å²) >= 11 is 5.52. The van der Waals surface area contributed by atoms with E-state index in [-0.39, 0.29) is 18.0 Å². The SMILES string of the molecule is O=S(=O)(NCCc1ccco1)c1ccc(Cl)cc1C(F)(F)F. The number of alkyl halides is 3. The molecule has 0 saturated carbocycles. The molecule has 0 amide bonds. The van der Waals surface area contributed by atoms with E-state index in [1.807, 2.05) is 0 Å². The summed E-state index contributed by atoms with van der Waals surface area (Å²) in [5, 5.41) is -0.193. The largest absolute Gasteiger partial charge is 0.469 e. The summed E-state index contributed by atoms with van der Waals surface area (Å²) in [5.74, 6) is 0.523. The zero-order valence-electron chi connectivity index (χ0n) is 11.0. The first-order valence-electron chi connectivity index (χ1n) is 6.09. The van der Waals surface area contributed by atoms with Crippen LogP contribution < -0.4 is 4.72 Å². The summed E-state index contributed by atoms with van der Waals surface area (Å²) in [5.41, 5.74) is -1.30. The maximum atomic E-state index is 12.9. The molecule has 0 spiro atoms. The highest BCUT2D eigenvalue weighted by molar-refractivity contribution is 7.89. The fourth-order valence-corrected chi connectivity index (χ4v) is 3.21. The molecule has 9 heteroatoms. The monoisotopic (exact) mass is 353 g/mol. The summed E-state index contributed by atoms with van der Waals surface area (Å²) < 4.78 is 70.1. The fraction of sp³-hybridized carbons (Fsp3) is 0.231. The lowest BCUT2D eigenvalue weighted by Crippen LogP contribution is -2.28. The van der Waals surface area contributed by atoms with Crippen molar-refractivity contribution in [2.45, 2.75) is 17.5 Å². The van der Waals surface area contributed by atoms with Crippen molar-refractivity contribution in [1.82, 2.24) is 4.72 Å². The highest BCUT2D eigenvalue weighted by Crippen LogP contribution is 2.35. The molecular formula is C13H11ClF3NO3S. The van der Waals surface area contributed by atoms with Gasteiger partial charge in [0.2, 0.25) is 10.0 Å². The quantitative estimate of drug-likeness (QED) is 0.895. The molecule has 0 unspecified atom stereocenters. The molecule has 1 aromatic carbocycles. The first-order chi connectivity index (χ1) is 10.2. The van der Waals surface area contributed by atoms with Gasteiger partial charge in [-0.1, -0.05) is 11.6 Å². The summed E-state index contributed by atoms with van der Waals surface area (Å²) in [4.78, 5) is -0.858. The number of hydrogen-bond donors (Lipinski definition) is 1. The van der Waals surface area contributed by atoms with E-state index in [2.05, 4.69) is 4.72 Å². The molecule has 1 N–H and O–H groups in total. The molecule has 22 heavy (non-hydrogen) atoms. The van der Waals surface area contributed by atoms with Gasteiger partial charge in [-0.15, -0.1) is 0 Å². The van der Waals surface area contributed by atoms with Crippen molar-refractivity contribution < 1.29 is 26.0 Å². The Bertz CT molecular complexity index is 742. The Kier molecular flexibility index (Phi) is 4.84. The molecular weight excluding hydrogens is 343 g/mol. The molecule has 2 rings (SSSR count). The summed E-state index contributed by atoms with van der Waals surface area (Å²) in [6, 6.07) is 5.78. The number of benzene rings is 1. The van der Waals surface area contributed by atoms with E-state index < -0.39 is 26.7 Å². The number of sulfonamides is 1. The third kappa shape index (κ3) is 4.02. The van der Waals surface area contributed by atoms with Crippen molar-refractivity contribution in [2.24, 2.45) is 0 Å². The number of hydrogen-bond acceptors (Lipinski definition) is 3. The molecule has 4 nitrogen and oxygen atoms in total. The summed E-state index contributed by atoms with van der Waals surface area (Å²) in [6.45, 7) is -0.0875. The van der Waals surface area contributed by atoms with E-state index in [1.54, 1.807) is 12.1 Å². The van der Waals surface area contributed by atoms with E-state index in [4.69, 9.17) is 16.0 Å². The van der Waals surface area contributed by atoms with Gasteiger partial charge in [-0.25, -0.2) is 13.1 Å². The minimum atomic E-state index is -4.82. The number of halogens is 4. The second-order valence-corrected chi connectivity index (χ2v) is 6.54. The second-order valence-electron chi connectivity index (χ2n) is 4.37. The molecule has 0 aliphatic carbocycles. The van der Waals surface area contributed by atoms with Crippen LogP contribution in [0.2, 0.25) is 5.02 Å². The van der Waals surface area contributed by atoms with Gasteiger partial charge in [0.15, 0.2) is 0 Å². The maximum absolute atomic E-state index is 12.9. The predicted molar refractivity (Wildman–Crippen MR) is 74.1 cm³/mol. The number of nitrogens with one attached hydrogen (secondary N) is 1. The Labute approximate surface area is 129 Å². The Morgan fingerprint density at radius 2 is 1.95 bits per heavy atom. The van der Waals surface area contributed by atoms with Crippen molar-refractivity contribution >= 4 is 21.6 Å². The van der Waals surface area contributed by atoms with Crippen LogP contribution >= 0.6 is 11.6 Å². The third-order valence-electron chi connectivity index (χ3n) is 2.78. The van der Waals surface area contributed by atoms with Gasteiger partial charge in [-0.05, 0) is 30.3 Å². The molecule has 0 bridgehead atoms. The Morgan fingerprint density at radius 3 is 2.55 bits per heavy atom. The molecule has 0 atom stereocenters. The van der Waals surface area contributed by atoms with Crippen LogP contribution in [0.4, 0.5) is 13.2 Å². The van der Waals surface area contributed by atoms with Gasteiger partial charge in [0.1, 0.15) is 5.76 Å². The Hall–Kier alpha value is -1.51. The van der Waals surface area contributed by atoms with Gasteiger partial charge >= 0.3 is 6.18 Å². The highest BCUT2D eigenvalue weighted by atomic mass is 35.5. The second kappa shape index (κ2) is 6.31. The van der Waals surface area contributed by atoms with Crippen LogP contribution in [0.25, 0.3) is 0 Å². The molecule has 1 aromatic heterocycles. The first kappa shape index (κ1) is 16.9. The van der Waals surface area contributed by atoms with Crippen molar-refractivity contribution in [3.05, 3.63) is 52.9 Å². The molecule has 120 valence electrons. The van der Waals surface area contributed by atoms with E-state index >= 15 is 0 Å². The lowest BCUT2D eigenvalue weighted by molar-refractivity contribution is -0.139. The third-order valence-corrected chi connectivity index (χ3v) is 4.53. The molecule has 0 saturated heterocycles. The van der Waals surface area contributed by atoms with E-state index in [0.29, 0.717) is 11.8 Å². The topological polar surface area (TPSA) is 59.3 Å². The Morgan fingerprint density at radius 1 is 1.23 bits per heavy atom. The lowest BCUT2D eigenvalue weighted by atomic mass is 10.2. The van der Waals surface area contributed by atoms with Crippen LogP contribution in [0.15, 0.2) is 45.9 Å². The molecule has 0 fully saturated rings. The normalized spacial score (nSPS) is 12.5. The molecule has 2 aromatic rings. The van der Waals surface area contributed by atoms with Crippen molar-refractivity contribution in [1.29, 1.82) is 0 Å². The molecule has 1 heterocycles. The van der Waals surface area contributed by atoms with E-state index in [1.165, 1.54) is 6.26 Å². The van der Waals surface area contributed by atoms with Crippen molar-refractivity contribution in [3.63, 3.8) is 0 Å². The smallest absolute Gasteiger partial charge is 0.417 e. The van der Waals surface area contributed by atoms with Crippen LogP contribution in [0.3, 0.4) is 0 Å². The van der Waals surface area contributed by atoms with Crippen LogP contribution in [-0.2, 0) is 22.6 Å². The number of furan rings is 1. The van der Waals surface area contributed by atoms with Crippen molar-refractivity contribution in [2.75, 3.05) is 6.54 Å². The lowest BCUT2D eigenvalue weighted by Gasteiger charge is -2.14. The predicted octanol–water partition coefficient (Wildman–Crippen LogP) is 3.47. The Balaban J connectivity index is 2.22. The van der Waals surface area contributed by atoms with E-state index in [0.717, 1.165) is 12.1 Å². The van der Waals surface area contributed by atoms with Gasteiger partial charge in [0.25, 0.3) is 0 Å². The first-order valence-corrected chi connectivity index (χ1v) is 7.95. The number of rotatable bonds is 5. The van der Waals surface area contributed by atoms with Crippen LogP contribution in [-0.4, -0.2) is 15.0 Å². The minimum Gasteiger partial charge on any atom is -0.469 e. The van der Waals surface area contributed by atoms with Gasteiger partial charge < -0.3 is 4.42 Å². The standard InChI is InChI=1S/C13H11ClF3NO3S/c14-9-3-4-12(11(8-9)13(15,16)17)22(19,20)18-6-5-10-2-1-7-21-10/h1-4,7-8,18H,5-6H2. The van der Waals surface area contributed by atoms with Crippen LogP contribution in [0.5, 0.6) is 0 Å². The molecule has 0 aliphatic heterocycles. The van der Waals surface area contributed by atoms with Gasteiger partial charge in [0, 0.05) is 18.0 Å². The van der Waals surface area contributed by atoms with Gasteiger partial charge in [-0.2, -0.15) is 13.2 Å². The summed E-state index contributed by atoms with van der Waals surface area (Å²) in [6.07, 6.45) is -3.18. The molecule has 0 radical (unpaired) electrons. The highest BCUT2D eigenvalue weighted by Gasteiger charge is 2.37. The van der Waals surface area contributed by atoms with E-state index in [9.17, 15) is 21.6 Å². The van der Waals surface area contributed by atoms with Crippen molar-refractivity contribution in [3.8, 4) is 0 Å². The van der Waals surface area contributed by atoms with Gasteiger partial charge in [-0.3, -0.25) is 0 Å². The van der Waals surface area contributed by atoms with Crippen LogP contribution in [0.1, 0.15) is 11.3 Å². The minimum absolute atomic E-state index is 0.0875. The molecule has 0 aliphatic rings.